The molecule has 20 heavy (non-hydrogen) atoms. The maximum Gasteiger partial charge on any atom is 0.491 e. The van der Waals surface area contributed by atoms with E-state index < -0.39 is 22.6 Å². The van der Waals surface area contributed by atoms with Gasteiger partial charge in [0.1, 0.15) is 12.4 Å². The fourth-order valence-electron chi connectivity index (χ4n) is 1.54. The van der Waals surface area contributed by atoms with Crippen LogP contribution in [0.1, 0.15) is 5.82 Å². The molecule has 0 bridgehead atoms. The van der Waals surface area contributed by atoms with Crippen LogP contribution >= 0.6 is 0 Å². The summed E-state index contributed by atoms with van der Waals surface area (Å²) in [5.74, 6) is -1.29. The molecule has 0 saturated heterocycles. The van der Waals surface area contributed by atoms with Crippen molar-refractivity contribution in [1.82, 2.24) is 14.8 Å². The van der Waals surface area contributed by atoms with Crippen molar-refractivity contribution in [2.45, 2.75) is 13.5 Å². The van der Waals surface area contributed by atoms with Gasteiger partial charge in [-0.05, 0) is 28.1 Å². The largest absolute Gasteiger partial charge is 0.491 e. The summed E-state index contributed by atoms with van der Waals surface area (Å²) in [4.78, 5) is 25.1. The number of nitro groups is 1. The van der Waals surface area contributed by atoms with Crippen molar-refractivity contribution in [2.24, 2.45) is 0 Å². The van der Waals surface area contributed by atoms with Crippen molar-refractivity contribution < 1.29 is 14.1 Å². The maximum absolute atomic E-state index is 12.9. The first-order chi connectivity index (χ1) is 9.45. The van der Waals surface area contributed by atoms with E-state index in [1.807, 2.05) is 0 Å². The molecule has 1 aromatic heterocycles. The highest BCUT2D eigenvalue weighted by Gasteiger charge is 2.19. The minimum absolute atomic E-state index is 0.242. The van der Waals surface area contributed by atoms with E-state index in [2.05, 4.69) is 15.4 Å². The van der Waals surface area contributed by atoms with Crippen molar-refractivity contribution in [3.63, 3.8) is 0 Å². The van der Waals surface area contributed by atoms with Crippen molar-refractivity contribution in [2.75, 3.05) is 5.32 Å². The summed E-state index contributed by atoms with van der Waals surface area (Å²) < 4.78 is 14.1. The summed E-state index contributed by atoms with van der Waals surface area (Å²) >= 11 is 0. The molecule has 1 heterocycles. The zero-order chi connectivity index (χ0) is 14.7. The summed E-state index contributed by atoms with van der Waals surface area (Å²) in [7, 11) is 0. The monoisotopic (exact) mass is 279 g/mol. The number of carbonyl (C=O) groups is 1. The molecule has 2 aromatic rings. The second-order valence-corrected chi connectivity index (χ2v) is 3.93. The number of carbonyl (C=O) groups excluding carboxylic acids is 1. The number of rotatable bonds is 4. The lowest BCUT2D eigenvalue weighted by Gasteiger charge is -2.04. The lowest BCUT2D eigenvalue weighted by atomic mass is 10.3. The van der Waals surface area contributed by atoms with Crippen molar-refractivity contribution in [3.8, 4) is 0 Å². The molecular formula is C11H10FN5O3. The van der Waals surface area contributed by atoms with Gasteiger partial charge in [-0.15, -0.1) is 0 Å². The average molecular weight is 279 g/mol. The van der Waals surface area contributed by atoms with Crippen molar-refractivity contribution >= 4 is 17.5 Å². The first kappa shape index (κ1) is 13.6. The Morgan fingerprint density at radius 1 is 1.55 bits per heavy atom. The van der Waals surface area contributed by atoms with E-state index in [1.165, 1.54) is 25.1 Å². The first-order valence-corrected chi connectivity index (χ1v) is 5.57. The van der Waals surface area contributed by atoms with Crippen LogP contribution in [0.3, 0.4) is 0 Å². The number of amides is 1. The Morgan fingerprint density at radius 2 is 2.30 bits per heavy atom. The normalized spacial score (nSPS) is 10.3. The van der Waals surface area contributed by atoms with Gasteiger partial charge in [-0.25, -0.2) is 4.39 Å². The number of nitrogens with zero attached hydrogens (tertiary/aromatic N) is 4. The lowest BCUT2D eigenvalue weighted by molar-refractivity contribution is -0.394. The molecule has 104 valence electrons. The topological polar surface area (TPSA) is 103 Å². The van der Waals surface area contributed by atoms with E-state index >= 15 is 0 Å². The molecule has 0 aliphatic rings. The number of hydrogen-bond acceptors (Lipinski definition) is 5. The molecule has 1 aromatic carbocycles. The number of aromatic nitrogens is 3. The van der Waals surface area contributed by atoms with Gasteiger partial charge in [-0.2, -0.15) is 4.68 Å². The van der Waals surface area contributed by atoms with Crippen LogP contribution in [-0.4, -0.2) is 25.6 Å². The van der Waals surface area contributed by atoms with Crippen LogP contribution < -0.4 is 5.32 Å². The molecule has 1 N–H and O–H groups in total. The SMILES string of the molecule is Cc1nc([N+](=O)[O-])nn1CC(=O)Nc1cccc(F)c1. The van der Waals surface area contributed by atoms with Gasteiger partial charge in [-0.1, -0.05) is 6.07 Å². The third-order valence-corrected chi connectivity index (χ3v) is 2.41. The predicted octanol–water partition coefficient (Wildman–Crippen LogP) is 1.27. The molecule has 0 radical (unpaired) electrons. The van der Waals surface area contributed by atoms with E-state index in [9.17, 15) is 19.3 Å². The van der Waals surface area contributed by atoms with Gasteiger partial charge >= 0.3 is 5.95 Å². The molecule has 9 heteroatoms. The van der Waals surface area contributed by atoms with Gasteiger partial charge in [-0.3, -0.25) is 4.79 Å². The molecule has 0 unspecified atom stereocenters. The number of nitrogens with one attached hydrogen (secondary N) is 1. The van der Waals surface area contributed by atoms with Crippen LogP contribution in [0.2, 0.25) is 0 Å². The van der Waals surface area contributed by atoms with Crippen LogP contribution in [0.4, 0.5) is 16.0 Å². The second kappa shape index (κ2) is 5.43. The summed E-state index contributed by atoms with van der Waals surface area (Å²) in [6.07, 6.45) is 0. The Labute approximate surface area is 112 Å². The third kappa shape index (κ3) is 3.13. The van der Waals surface area contributed by atoms with Crippen LogP contribution in [0, 0.1) is 22.9 Å². The summed E-state index contributed by atoms with van der Waals surface area (Å²) in [6.45, 7) is 1.25. The van der Waals surface area contributed by atoms with E-state index in [1.54, 1.807) is 0 Å². The Kier molecular flexibility index (Phi) is 3.69. The third-order valence-electron chi connectivity index (χ3n) is 2.41. The molecule has 1 amide bonds. The fourth-order valence-corrected chi connectivity index (χ4v) is 1.54. The second-order valence-electron chi connectivity index (χ2n) is 3.93. The van der Waals surface area contributed by atoms with Crippen molar-refractivity contribution in [1.29, 1.82) is 0 Å². The number of halogens is 1. The quantitative estimate of drug-likeness (QED) is 0.670. The van der Waals surface area contributed by atoms with E-state index in [4.69, 9.17) is 0 Å². The fraction of sp³-hybridized carbons (Fsp3) is 0.182. The van der Waals surface area contributed by atoms with E-state index in [-0.39, 0.29) is 12.4 Å². The minimum atomic E-state index is -0.742. The number of benzene rings is 1. The molecule has 0 spiro atoms. The maximum atomic E-state index is 12.9. The summed E-state index contributed by atoms with van der Waals surface area (Å²) in [5.41, 5.74) is 0.294. The van der Waals surface area contributed by atoms with E-state index in [0.29, 0.717) is 5.69 Å². The Bertz CT molecular complexity index is 670. The number of aryl methyl sites for hydroxylation is 1. The molecule has 8 nitrogen and oxygen atoms in total. The molecular weight excluding hydrogens is 269 g/mol. The zero-order valence-corrected chi connectivity index (χ0v) is 10.4. The predicted molar refractivity (Wildman–Crippen MR) is 66.4 cm³/mol. The standard InChI is InChI=1S/C11H10FN5O3/c1-7-13-11(17(19)20)15-16(7)6-10(18)14-9-4-2-3-8(12)5-9/h2-5H,6H2,1H3,(H,14,18). The molecule has 0 atom stereocenters. The smallest absolute Gasteiger partial charge is 0.390 e. The van der Waals surface area contributed by atoms with Gasteiger partial charge in [0.2, 0.25) is 11.7 Å². The Balaban J connectivity index is 2.06. The zero-order valence-electron chi connectivity index (χ0n) is 10.4. The van der Waals surface area contributed by atoms with Gasteiger partial charge in [0.05, 0.1) is 0 Å². The lowest BCUT2D eigenvalue weighted by Crippen LogP contribution is -2.20. The molecule has 0 saturated carbocycles. The Morgan fingerprint density at radius 3 is 2.90 bits per heavy atom. The van der Waals surface area contributed by atoms with Gasteiger partial charge in [0.15, 0.2) is 0 Å². The van der Waals surface area contributed by atoms with Gasteiger partial charge in [0.25, 0.3) is 0 Å². The highest BCUT2D eigenvalue weighted by molar-refractivity contribution is 5.90. The summed E-state index contributed by atoms with van der Waals surface area (Å²) in [6, 6.07) is 5.39. The molecule has 0 aliphatic carbocycles. The van der Waals surface area contributed by atoms with Gasteiger partial charge in [0, 0.05) is 17.7 Å². The van der Waals surface area contributed by atoms with Gasteiger partial charge < -0.3 is 15.4 Å². The minimum Gasteiger partial charge on any atom is -0.390 e. The number of anilines is 1. The average Bonchev–Trinajstić information content (AvgIpc) is 2.71. The Hall–Kier alpha value is -2.84. The molecule has 2 rings (SSSR count). The molecule has 0 aliphatic heterocycles. The number of hydrogen-bond donors (Lipinski definition) is 1. The van der Waals surface area contributed by atoms with Crippen LogP contribution in [-0.2, 0) is 11.3 Å². The summed E-state index contributed by atoms with van der Waals surface area (Å²) in [5, 5.41) is 16.5. The molecule has 0 fully saturated rings. The highest BCUT2D eigenvalue weighted by atomic mass is 19.1. The van der Waals surface area contributed by atoms with Crippen LogP contribution in [0.15, 0.2) is 24.3 Å². The van der Waals surface area contributed by atoms with Crippen LogP contribution in [0.25, 0.3) is 0 Å². The van der Waals surface area contributed by atoms with Crippen molar-refractivity contribution in [3.05, 3.63) is 46.0 Å². The van der Waals surface area contributed by atoms with E-state index in [0.717, 1.165) is 10.7 Å². The van der Waals surface area contributed by atoms with Crippen LogP contribution in [0.5, 0.6) is 0 Å². The highest BCUT2D eigenvalue weighted by Crippen LogP contribution is 2.10. The first-order valence-electron chi connectivity index (χ1n) is 5.57.